The van der Waals surface area contributed by atoms with Crippen LogP contribution in [0.4, 0.5) is 23.4 Å². The minimum Gasteiger partial charge on any atom is -0.486 e. The maximum Gasteiger partial charge on any atom is 0.573 e. The van der Waals surface area contributed by atoms with Gasteiger partial charge in [-0.25, -0.2) is 9.37 Å². The standard InChI is InChI=1S/C13H9F4N5O2/c14-8-2-1-7(24-13(15,16)17)3-6(8)5-23-9-4-10(18)19-12-11(9)20-22-21-12/h1-4H,5H2,(H3,18,19,20,21,22). The molecule has 7 nitrogen and oxygen atoms in total. The van der Waals surface area contributed by atoms with E-state index in [1.165, 1.54) is 6.07 Å². The number of nitrogens with zero attached hydrogens (tertiary/aromatic N) is 3. The number of H-pyrrole nitrogens is 1. The molecule has 126 valence electrons. The van der Waals surface area contributed by atoms with Gasteiger partial charge in [0.05, 0.1) is 0 Å². The lowest BCUT2D eigenvalue weighted by atomic mass is 10.2. The Kier molecular flexibility index (Phi) is 3.83. The van der Waals surface area contributed by atoms with Gasteiger partial charge in [-0.2, -0.15) is 10.3 Å². The average Bonchev–Trinajstić information content (AvgIpc) is 2.94. The molecule has 0 aliphatic carbocycles. The molecule has 11 heteroatoms. The maximum atomic E-state index is 13.8. The molecule has 0 aliphatic heterocycles. The lowest BCUT2D eigenvalue weighted by molar-refractivity contribution is -0.274. The van der Waals surface area contributed by atoms with Crippen LogP contribution in [-0.4, -0.2) is 26.8 Å². The quantitative estimate of drug-likeness (QED) is 0.707. The molecule has 0 saturated carbocycles. The summed E-state index contributed by atoms with van der Waals surface area (Å²) in [7, 11) is 0. The summed E-state index contributed by atoms with van der Waals surface area (Å²) in [6, 6.07) is 3.96. The van der Waals surface area contributed by atoms with Gasteiger partial charge < -0.3 is 15.2 Å². The molecule has 0 bridgehead atoms. The zero-order valence-electron chi connectivity index (χ0n) is 11.8. The van der Waals surface area contributed by atoms with Crippen LogP contribution in [0.5, 0.6) is 11.5 Å². The van der Waals surface area contributed by atoms with Crippen molar-refractivity contribution in [2.24, 2.45) is 0 Å². The normalized spacial score (nSPS) is 11.7. The van der Waals surface area contributed by atoms with Gasteiger partial charge >= 0.3 is 6.36 Å². The van der Waals surface area contributed by atoms with Gasteiger partial charge in [0.25, 0.3) is 0 Å². The van der Waals surface area contributed by atoms with Gasteiger partial charge in [0.2, 0.25) is 5.65 Å². The van der Waals surface area contributed by atoms with Crippen LogP contribution in [0.3, 0.4) is 0 Å². The predicted octanol–water partition coefficient (Wildman–Crippen LogP) is 2.55. The third-order valence-corrected chi connectivity index (χ3v) is 2.91. The van der Waals surface area contributed by atoms with Gasteiger partial charge in [-0.05, 0) is 18.2 Å². The van der Waals surface area contributed by atoms with E-state index in [1.54, 1.807) is 0 Å². The second kappa shape index (κ2) is 5.83. The van der Waals surface area contributed by atoms with E-state index < -0.39 is 17.9 Å². The van der Waals surface area contributed by atoms with Gasteiger partial charge in [-0.15, -0.1) is 18.3 Å². The van der Waals surface area contributed by atoms with E-state index >= 15 is 0 Å². The Morgan fingerprint density at radius 2 is 1.96 bits per heavy atom. The van der Waals surface area contributed by atoms with Gasteiger partial charge in [0.1, 0.15) is 24.0 Å². The average molecular weight is 343 g/mol. The number of nitrogens with one attached hydrogen (secondary N) is 1. The van der Waals surface area contributed by atoms with Crippen LogP contribution in [0.1, 0.15) is 5.56 Å². The van der Waals surface area contributed by atoms with Crippen molar-refractivity contribution < 1.29 is 27.0 Å². The lowest BCUT2D eigenvalue weighted by Crippen LogP contribution is -2.17. The molecule has 0 saturated heterocycles. The fourth-order valence-corrected chi connectivity index (χ4v) is 1.95. The molecule has 0 atom stereocenters. The Bertz CT molecular complexity index is 880. The highest BCUT2D eigenvalue weighted by Gasteiger charge is 2.31. The van der Waals surface area contributed by atoms with Crippen molar-refractivity contribution in [2.75, 3.05) is 5.73 Å². The Morgan fingerprint density at radius 1 is 1.17 bits per heavy atom. The van der Waals surface area contributed by atoms with Gasteiger partial charge in [0, 0.05) is 11.6 Å². The maximum absolute atomic E-state index is 13.8. The number of aromatic nitrogens is 4. The molecule has 3 rings (SSSR count). The molecule has 0 amide bonds. The molecule has 0 unspecified atom stereocenters. The topological polar surface area (TPSA) is 98.9 Å². The second-order valence-electron chi connectivity index (χ2n) is 4.63. The highest BCUT2D eigenvalue weighted by Crippen LogP contribution is 2.27. The number of fused-ring (bicyclic) bond motifs is 1. The number of aromatic amines is 1. The smallest absolute Gasteiger partial charge is 0.486 e. The van der Waals surface area contributed by atoms with Crippen LogP contribution in [-0.2, 0) is 6.61 Å². The third kappa shape index (κ3) is 3.45. The number of pyridine rings is 1. The Hall–Kier alpha value is -3.11. The largest absolute Gasteiger partial charge is 0.573 e. The third-order valence-electron chi connectivity index (χ3n) is 2.91. The van der Waals surface area contributed by atoms with Gasteiger partial charge in [-0.3, -0.25) is 0 Å². The number of benzene rings is 1. The first-order valence-electron chi connectivity index (χ1n) is 6.46. The Balaban J connectivity index is 1.83. The van der Waals surface area contributed by atoms with Crippen LogP contribution in [0.15, 0.2) is 24.3 Å². The summed E-state index contributed by atoms with van der Waals surface area (Å²) in [5.74, 6) is -1.04. The monoisotopic (exact) mass is 343 g/mol. The summed E-state index contributed by atoms with van der Waals surface area (Å²) in [5, 5.41) is 9.89. The van der Waals surface area contributed by atoms with Crippen LogP contribution < -0.4 is 15.2 Å². The van der Waals surface area contributed by atoms with E-state index in [1.807, 2.05) is 0 Å². The second-order valence-corrected chi connectivity index (χ2v) is 4.63. The van der Waals surface area contributed by atoms with Crippen LogP contribution >= 0.6 is 0 Å². The van der Waals surface area contributed by atoms with E-state index in [0.29, 0.717) is 0 Å². The van der Waals surface area contributed by atoms with E-state index in [4.69, 9.17) is 10.5 Å². The van der Waals surface area contributed by atoms with Crippen molar-refractivity contribution in [1.82, 2.24) is 20.4 Å². The van der Waals surface area contributed by atoms with Gasteiger partial charge in [0.15, 0.2) is 11.3 Å². The predicted molar refractivity (Wildman–Crippen MR) is 73.5 cm³/mol. The highest BCUT2D eigenvalue weighted by molar-refractivity contribution is 5.78. The SMILES string of the molecule is Nc1cc(OCc2cc(OC(F)(F)F)ccc2F)c2n[nH]nc2n1. The molecule has 0 fully saturated rings. The molecule has 2 heterocycles. The number of rotatable bonds is 4. The van der Waals surface area contributed by atoms with E-state index in [-0.39, 0.29) is 34.9 Å². The molecule has 24 heavy (non-hydrogen) atoms. The number of halogens is 4. The first kappa shape index (κ1) is 15.8. The molecule has 0 aliphatic rings. The summed E-state index contributed by atoms with van der Waals surface area (Å²) in [4.78, 5) is 3.90. The summed E-state index contributed by atoms with van der Waals surface area (Å²) in [6.45, 7) is -0.369. The lowest BCUT2D eigenvalue weighted by Gasteiger charge is -2.12. The van der Waals surface area contributed by atoms with Crippen molar-refractivity contribution in [3.8, 4) is 11.5 Å². The Morgan fingerprint density at radius 3 is 2.71 bits per heavy atom. The minimum absolute atomic E-state index is 0.0982. The number of nitrogens with two attached hydrogens (primary N) is 1. The molecule has 3 N–H and O–H groups in total. The van der Waals surface area contributed by atoms with E-state index in [0.717, 1.165) is 18.2 Å². The van der Waals surface area contributed by atoms with Crippen molar-refractivity contribution in [1.29, 1.82) is 0 Å². The summed E-state index contributed by atoms with van der Waals surface area (Å²) >= 11 is 0. The number of anilines is 1. The van der Waals surface area contributed by atoms with Crippen LogP contribution in [0.25, 0.3) is 11.2 Å². The number of nitrogen functional groups attached to an aromatic ring is 1. The number of ether oxygens (including phenoxy) is 2. The summed E-state index contributed by atoms with van der Waals surface area (Å²) < 4.78 is 59.6. The minimum atomic E-state index is -4.87. The number of hydrogen-bond acceptors (Lipinski definition) is 6. The van der Waals surface area contributed by atoms with Crippen molar-refractivity contribution in [2.45, 2.75) is 13.0 Å². The molecular weight excluding hydrogens is 334 g/mol. The van der Waals surface area contributed by atoms with E-state index in [9.17, 15) is 17.6 Å². The molecule has 2 aromatic heterocycles. The zero-order chi connectivity index (χ0) is 17.3. The number of hydrogen-bond donors (Lipinski definition) is 2. The summed E-state index contributed by atoms with van der Waals surface area (Å²) in [5.41, 5.74) is 5.90. The fraction of sp³-hybridized carbons (Fsp3) is 0.154. The molecular formula is C13H9F4N5O2. The van der Waals surface area contributed by atoms with Crippen LogP contribution in [0.2, 0.25) is 0 Å². The number of alkyl halides is 3. The first-order chi connectivity index (χ1) is 11.3. The van der Waals surface area contributed by atoms with Crippen molar-refractivity contribution >= 4 is 17.0 Å². The van der Waals surface area contributed by atoms with Gasteiger partial charge in [-0.1, -0.05) is 0 Å². The molecule has 0 radical (unpaired) electrons. The zero-order valence-corrected chi connectivity index (χ0v) is 11.8. The van der Waals surface area contributed by atoms with Crippen molar-refractivity contribution in [3.63, 3.8) is 0 Å². The van der Waals surface area contributed by atoms with Crippen LogP contribution in [0, 0.1) is 5.82 Å². The Labute approximate surface area is 131 Å². The molecule has 1 aromatic carbocycles. The summed E-state index contributed by atoms with van der Waals surface area (Å²) in [6.07, 6.45) is -4.87. The molecule has 3 aromatic rings. The van der Waals surface area contributed by atoms with Crippen molar-refractivity contribution in [3.05, 3.63) is 35.6 Å². The van der Waals surface area contributed by atoms with E-state index in [2.05, 4.69) is 25.1 Å². The fourth-order valence-electron chi connectivity index (χ4n) is 1.95. The first-order valence-corrected chi connectivity index (χ1v) is 6.46. The highest BCUT2D eigenvalue weighted by atomic mass is 19.4. The molecule has 0 spiro atoms.